The molecule has 0 amide bonds. The third-order valence-corrected chi connectivity index (χ3v) is 3.94. The standard InChI is InChI=1S/C13H12ClIN2O/c1-17-10(6-7-16-17)3-5-13(18)11-8-9(14)2-4-12(11)15/h2,4,6-8H,3,5H2,1H3. The zero-order chi connectivity index (χ0) is 13.1. The number of ketones is 1. The van der Waals surface area contributed by atoms with Crippen molar-refractivity contribution in [3.05, 3.63) is 50.3 Å². The fraction of sp³-hybridized carbons (Fsp3) is 0.231. The summed E-state index contributed by atoms with van der Waals surface area (Å²) in [5, 5.41) is 4.68. The summed E-state index contributed by atoms with van der Waals surface area (Å²) in [6, 6.07) is 7.31. The monoisotopic (exact) mass is 374 g/mol. The highest BCUT2D eigenvalue weighted by Gasteiger charge is 2.11. The summed E-state index contributed by atoms with van der Waals surface area (Å²) in [4.78, 5) is 12.1. The lowest BCUT2D eigenvalue weighted by molar-refractivity contribution is 0.0981. The fourth-order valence-corrected chi connectivity index (χ4v) is 2.54. The van der Waals surface area contributed by atoms with Crippen LogP contribution in [0.2, 0.25) is 5.02 Å². The lowest BCUT2D eigenvalue weighted by atomic mass is 10.1. The Kier molecular flexibility index (Phi) is 4.40. The summed E-state index contributed by atoms with van der Waals surface area (Å²) < 4.78 is 2.72. The van der Waals surface area contributed by atoms with Crippen LogP contribution in [0.3, 0.4) is 0 Å². The van der Waals surface area contributed by atoms with E-state index in [0.29, 0.717) is 23.4 Å². The number of Topliss-reactive ketones (excluding diaryl/α,β-unsaturated/α-hetero) is 1. The Morgan fingerprint density at radius 1 is 1.44 bits per heavy atom. The number of carbonyl (C=O) groups excluding carboxylic acids is 1. The normalized spacial score (nSPS) is 10.6. The third kappa shape index (κ3) is 3.11. The Labute approximate surface area is 124 Å². The zero-order valence-electron chi connectivity index (χ0n) is 9.86. The van der Waals surface area contributed by atoms with Crippen LogP contribution in [0.15, 0.2) is 30.5 Å². The van der Waals surface area contributed by atoms with Crippen molar-refractivity contribution in [2.45, 2.75) is 12.8 Å². The van der Waals surface area contributed by atoms with Crippen molar-refractivity contribution in [1.29, 1.82) is 0 Å². The maximum atomic E-state index is 12.1. The molecule has 18 heavy (non-hydrogen) atoms. The van der Waals surface area contributed by atoms with Crippen LogP contribution in [-0.2, 0) is 13.5 Å². The topological polar surface area (TPSA) is 34.9 Å². The molecule has 0 aliphatic heterocycles. The Morgan fingerprint density at radius 2 is 2.22 bits per heavy atom. The van der Waals surface area contributed by atoms with E-state index in [4.69, 9.17) is 11.6 Å². The van der Waals surface area contributed by atoms with Gasteiger partial charge in [0.2, 0.25) is 0 Å². The summed E-state index contributed by atoms with van der Waals surface area (Å²) in [5.74, 6) is 0.114. The van der Waals surface area contributed by atoms with Crippen LogP contribution in [0.4, 0.5) is 0 Å². The molecular weight excluding hydrogens is 363 g/mol. The molecule has 3 nitrogen and oxygen atoms in total. The third-order valence-electron chi connectivity index (χ3n) is 2.76. The minimum Gasteiger partial charge on any atom is -0.294 e. The summed E-state index contributed by atoms with van der Waals surface area (Å²) in [6.07, 6.45) is 2.90. The molecule has 1 heterocycles. The van der Waals surface area contributed by atoms with Crippen LogP contribution in [0.25, 0.3) is 0 Å². The fourth-order valence-electron chi connectivity index (χ4n) is 1.73. The molecule has 0 radical (unpaired) electrons. The van der Waals surface area contributed by atoms with Crippen molar-refractivity contribution in [2.75, 3.05) is 0 Å². The Morgan fingerprint density at radius 3 is 2.89 bits per heavy atom. The van der Waals surface area contributed by atoms with Gasteiger partial charge in [0.05, 0.1) is 0 Å². The largest absolute Gasteiger partial charge is 0.294 e. The van der Waals surface area contributed by atoms with Gasteiger partial charge in [-0.15, -0.1) is 0 Å². The molecule has 0 bridgehead atoms. The number of halogens is 2. The Balaban J connectivity index is 2.08. The van der Waals surface area contributed by atoms with Crippen LogP contribution < -0.4 is 0 Å². The number of nitrogens with zero attached hydrogens (tertiary/aromatic N) is 2. The molecule has 2 aromatic rings. The summed E-state index contributed by atoms with van der Waals surface area (Å²) >= 11 is 8.07. The maximum Gasteiger partial charge on any atom is 0.164 e. The number of hydrogen-bond acceptors (Lipinski definition) is 2. The van der Waals surface area contributed by atoms with Gasteiger partial charge >= 0.3 is 0 Å². The highest BCUT2D eigenvalue weighted by atomic mass is 127. The molecule has 0 saturated heterocycles. The second-order valence-electron chi connectivity index (χ2n) is 3.99. The minimum absolute atomic E-state index is 0.114. The zero-order valence-corrected chi connectivity index (χ0v) is 12.8. The molecule has 2 rings (SSSR count). The molecule has 0 atom stereocenters. The molecule has 1 aromatic carbocycles. The second kappa shape index (κ2) is 5.84. The van der Waals surface area contributed by atoms with Gasteiger partial charge in [0.15, 0.2) is 5.78 Å². The van der Waals surface area contributed by atoms with E-state index in [2.05, 4.69) is 27.7 Å². The molecule has 0 aliphatic carbocycles. The van der Waals surface area contributed by atoms with Gasteiger partial charge in [0.25, 0.3) is 0 Å². The predicted octanol–water partition coefficient (Wildman–Crippen LogP) is 3.49. The molecule has 0 saturated carbocycles. The van der Waals surface area contributed by atoms with Crippen molar-refractivity contribution in [2.24, 2.45) is 7.05 Å². The second-order valence-corrected chi connectivity index (χ2v) is 5.59. The van der Waals surface area contributed by atoms with Gasteiger partial charge in [0, 0.05) is 39.5 Å². The number of hydrogen-bond donors (Lipinski definition) is 0. The minimum atomic E-state index is 0.114. The summed E-state index contributed by atoms with van der Waals surface area (Å²) in [5.41, 5.74) is 1.76. The smallest absolute Gasteiger partial charge is 0.164 e. The van der Waals surface area contributed by atoms with Crippen molar-refractivity contribution in [3.8, 4) is 0 Å². The SMILES string of the molecule is Cn1nccc1CCC(=O)c1cc(Cl)ccc1I. The Hall–Kier alpha value is -0.880. The average Bonchev–Trinajstić information content (AvgIpc) is 2.75. The van der Waals surface area contributed by atoms with Crippen molar-refractivity contribution >= 4 is 40.0 Å². The number of rotatable bonds is 4. The first-order valence-electron chi connectivity index (χ1n) is 5.53. The first-order valence-corrected chi connectivity index (χ1v) is 6.98. The summed E-state index contributed by atoms with van der Waals surface area (Å²) in [6.45, 7) is 0. The molecule has 94 valence electrons. The highest BCUT2D eigenvalue weighted by molar-refractivity contribution is 14.1. The average molecular weight is 375 g/mol. The van der Waals surface area contributed by atoms with Gasteiger partial charge in [-0.25, -0.2) is 0 Å². The van der Waals surface area contributed by atoms with Crippen molar-refractivity contribution in [1.82, 2.24) is 9.78 Å². The van der Waals surface area contributed by atoms with Gasteiger partial charge in [-0.2, -0.15) is 5.10 Å². The predicted molar refractivity (Wildman–Crippen MR) is 80.0 cm³/mol. The van der Waals surface area contributed by atoms with E-state index in [-0.39, 0.29) is 5.78 Å². The van der Waals surface area contributed by atoms with E-state index in [1.807, 2.05) is 19.2 Å². The molecule has 0 fully saturated rings. The van der Waals surface area contributed by atoms with E-state index >= 15 is 0 Å². The molecule has 1 aromatic heterocycles. The van der Waals surface area contributed by atoms with Crippen LogP contribution in [0.1, 0.15) is 22.5 Å². The lowest BCUT2D eigenvalue weighted by Crippen LogP contribution is -2.06. The van der Waals surface area contributed by atoms with E-state index in [0.717, 1.165) is 9.26 Å². The molecule has 0 spiro atoms. The Bertz CT molecular complexity index is 580. The van der Waals surface area contributed by atoms with Crippen LogP contribution in [0.5, 0.6) is 0 Å². The number of carbonyl (C=O) groups is 1. The van der Waals surface area contributed by atoms with Gasteiger partial charge in [-0.3, -0.25) is 9.48 Å². The molecule has 0 N–H and O–H groups in total. The van der Waals surface area contributed by atoms with Crippen LogP contribution in [-0.4, -0.2) is 15.6 Å². The lowest BCUT2D eigenvalue weighted by Gasteiger charge is -2.05. The van der Waals surface area contributed by atoms with Crippen LogP contribution >= 0.6 is 34.2 Å². The van der Waals surface area contributed by atoms with Crippen molar-refractivity contribution < 1.29 is 4.79 Å². The van der Waals surface area contributed by atoms with Gasteiger partial charge in [-0.05, 0) is 53.3 Å². The number of aryl methyl sites for hydroxylation is 2. The summed E-state index contributed by atoms with van der Waals surface area (Å²) in [7, 11) is 1.88. The highest BCUT2D eigenvalue weighted by Crippen LogP contribution is 2.20. The van der Waals surface area contributed by atoms with E-state index in [1.54, 1.807) is 23.0 Å². The first kappa shape index (κ1) is 13.5. The van der Waals surface area contributed by atoms with E-state index in [1.165, 1.54) is 0 Å². The molecule has 0 aliphatic rings. The molecular formula is C13H12ClIN2O. The number of aromatic nitrogens is 2. The van der Waals surface area contributed by atoms with Crippen LogP contribution in [0, 0.1) is 3.57 Å². The van der Waals surface area contributed by atoms with E-state index < -0.39 is 0 Å². The first-order chi connectivity index (χ1) is 8.58. The molecule has 5 heteroatoms. The van der Waals surface area contributed by atoms with Gasteiger partial charge in [-0.1, -0.05) is 11.6 Å². The van der Waals surface area contributed by atoms with Gasteiger partial charge in [0.1, 0.15) is 0 Å². The quantitative estimate of drug-likeness (QED) is 0.606. The van der Waals surface area contributed by atoms with Gasteiger partial charge < -0.3 is 0 Å². The number of benzene rings is 1. The maximum absolute atomic E-state index is 12.1. The van der Waals surface area contributed by atoms with Crippen molar-refractivity contribution in [3.63, 3.8) is 0 Å². The molecule has 0 unspecified atom stereocenters. The van der Waals surface area contributed by atoms with E-state index in [9.17, 15) is 4.79 Å².